The summed E-state index contributed by atoms with van der Waals surface area (Å²) in [5.74, 6) is -2.50. The van der Waals surface area contributed by atoms with Gasteiger partial charge >= 0.3 is 11.9 Å². The second-order valence-electron chi connectivity index (χ2n) is 4.38. The van der Waals surface area contributed by atoms with E-state index in [-0.39, 0.29) is 29.9 Å². The Hall–Kier alpha value is -2.90. The lowest BCUT2D eigenvalue weighted by Gasteiger charge is -2.10. The highest BCUT2D eigenvalue weighted by Crippen LogP contribution is 2.13. The number of rotatable bonds is 5. The van der Waals surface area contributed by atoms with Crippen LogP contribution in [0.4, 0.5) is 0 Å². The number of hydrazine groups is 1. The zero-order valence-electron chi connectivity index (χ0n) is 15.1. The van der Waals surface area contributed by atoms with Crippen molar-refractivity contribution < 1.29 is 28.7 Å². The monoisotopic (exact) mass is 352 g/mol. The van der Waals surface area contributed by atoms with Crippen LogP contribution in [0.15, 0.2) is 18.2 Å². The minimum absolute atomic E-state index is 0.00681. The van der Waals surface area contributed by atoms with E-state index in [1.165, 1.54) is 25.1 Å². The number of esters is 2. The smallest absolute Gasteiger partial charge is 0.338 e. The number of carbonyl (C=O) groups excluding carboxylic acids is 4. The van der Waals surface area contributed by atoms with Crippen molar-refractivity contribution in [1.82, 2.24) is 10.9 Å². The molecule has 8 heteroatoms. The SMILES string of the molecule is CC.CCOC(=O)c1cc(C(=O)NNC(C)=O)cc(C(=O)OCC)c1. The fraction of sp³-hybridized carbons (Fsp3) is 0.412. The summed E-state index contributed by atoms with van der Waals surface area (Å²) in [4.78, 5) is 46.5. The standard InChI is InChI=1S/C15H18N2O6.C2H6/c1-4-22-14(20)11-6-10(13(19)17-16-9(3)18)7-12(8-11)15(21)23-5-2;1-2/h6-8H,4-5H2,1-3H3,(H,16,18)(H,17,19);1-2H3. The summed E-state index contributed by atoms with van der Waals surface area (Å²) in [5, 5.41) is 0. The van der Waals surface area contributed by atoms with Gasteiger partial charge in [-0.25, -0.2) is 9.59 Å². The fourth-order valence-electron chi connectivity index (χ4n) is 1.64. The number of hydrogen-bond donors (Lipinski definition) is 2. The lowest BCUT2D eigenvalue weighted by atomic mass is 10.1. The first kappa shape index (κ1) is 22.1. The molecule has 8 nitrogen and oxygen atoms in total. The van der Waals surface area contributed by atoms with Crippen LogP contribution in [0.5, 0.6) is 0 Å². The Kier molecular flexibility index (Phi) is 10.3. The summed E-state index contributed by atoms with van der Waals surface area (Å²) in [6.45, 7) is 8.79. The van der Waals surface area contributed by atoms with Crippen molar-refractivity contribution in [3.63, 3.8) is 0 Å². The van der Waals surface area contributed by atoms with Crippen molar-refractivity contribution in [2.45, 2.75) is 34.6 Å². The Balaban J connectivity index is 0.00000277. The number of ether oxygens (including phenoxy) is 2. The molecule has 0 saturated carbocycles. The van der Waals surface area contributed by atoms with Crippen LogP contribution in [0.2, 0.25) is 0 Å². The van der Waals surface area contributed by atoms with Crippen LogP contribution in [0.25, 0.3) is 0 Å². The Morgan fingerprint density at radius 1 is 0.800 bits per heavy atom. The first-order valence-electron chi connectivity index (χ1n) is 7.95. The van der Waals surface area contributed by atoms with Gasteiger partial charge < -0.3 is 9.47 Å². The van der Waals surface area contributed by atoms with E-state index in [2.05, 4.69) is 10.9 Å². The lowest BCUT2D eigenvalue weighted by Crippen LogP contribution is -2.40. The molecule has 0 aliphatic carbocycles. The minimum atomic E-state index is -0.683. The summed E-state index contributed by atoms with van der Waals surface area (Å²) >= 11 is 0. The molecule has 0 aliphatic heterocycles. The average Bonchev–Trinajstić information content (AvgIpc) is 2.61. The maximum Gasteiger partial charge on any atom is 0.338 e. The highest BCUT2D eigenvalue weighted by atomic mass is 16.5. The van der Waals surface area contributed by atoms with Gasteiger partial charge in [0.15, 0.2) is 0 Å². The van der Waals surface area contributed by atoms with Gasteiger partial charge in [0.1, 0.15) is 0 Å². The fourth-order valence-corrected chi connectivity index (χ4v) is 1.64. The largest absolute Gasteiger partial charge is 0.462 e. The molecular formula is C17H24N2O6. The molecule has 138 valence electrons. The van der Waals surface area contributed by atoms with Crippen molar-refractivity contribution in [2.75, 3.05) is 13.2 Å². The van der Waals surface area contributed by atoms with Gasteiger partial charge in [-0.1, -0.05) is 13.8 Å². The van der Waals surface area contributed by atoms with Crippen LogP contribution >= 0.6 is 0 Å². The van der Waals surface area contributed by atoms with E-state index < -0.39 is 23.8 Å². The molecule has 0 unspecified atom stereocenters. The Morgan fingerprint density at radius 2 is 1.20 bits per heavy atom. The van der Waals surface area contributed by atoms with Gasteiger partial charge in [0.2, 0.25) is 5.91 Å². The predicted molar refractivity (Wildman–Crippen MR) is 91.0 cm³/mol. The van der Waals surface area contributed by atoms with Crippen LogP contribution in [-0.4, -0.2) is 37.0 Å². The third-order valence-corrected chi connectivity index (χ3v) is 2.57. The maximum absolute atomic E-state index is 12.0. The molecule has 0 spiro atoms. The zero-order valence-corrected chi connectivity index (χ0v) is 15.1. The predicted octanol–water partition coefficient (Wildman–Crippen LogP) is 1.85. The third-order valence-electron chi connectivity index (χ3n) is 2.57. The van der Waals surface area contributed by atoms with Gasteiger partial charge in [-0.2, -0.15) is 0 Å². The van der Waals surface area contributed by atoms with Gasteiger partial charge in [0.25, 0.3) is 5.91 Å². The number of hydrogen-bond acceptors (Lipinski definition) is 6. The molecule has 0 bridgehead atoms. The molecule has 0 aliphatic rings. The molecule has 0 radical (unpaired) electrons. The van der Waals surface area contributed by atoms with Crippen molar-refractivity contribution in [1.29, 1.82) is 0 Å². The molecule has 0 heterocycles. The first-order valence-corrected chi connectivity index (χ1v) is 7.95. The highest BCUT2D eigenvalue weighted by Gasteiger charge is 2.17. The van der Waals surface area contributed by atoms with Crippen molar-refractivity contribution >= 4 is 23.8 Å². The number of amides is 2. The van der Waals surface area contributed by atoms with E-state index in [0.717, 1.165) is 0 Å². The van der Waals surface area contributed by atoms with Gasteiger partial charge in [0, 0.05) is 12.5 Å². The minimum Gasteiger partial charge on any atom is -0.462 e. The molecule has 0 fully saturated rings. The number of nitrogens with one attached hydrogen (secondary N) is 2. The van der Waals surface area contributed by atoms with Crippen molar-refractivity contribution in [2.24, 2.45) is 0 Å². The maximum atomic E-state index is 12.0. The van der Waals surface area contributed by atoms with Crippen LogP contribution < -0.4 is 10.9 Å². The van der Waals surface area contributed by atoms with E-state index in [0.29, 0.717) is 0 Å². The molecule has 0 aromatic heterocycles. The van der Waals surface area contributed by atoms with E-state index >= 15 is 0 Å². The van der Waals surface area contributed by atoms with E-state index in [4.69, 9.17) is 9.47 Å². The highest BCUT2D eigenvalue weighted by molar-refractivity contribution is 6.02. The molecule has 1 aromatic rings. The van der Waals surface area contributed by atoms with Crippen LogP contribution in [0.3, 0.4) is 0 Å². The zero-order chi connectivity index (χ0) is 19.4. The second-order valence-corrected chi connectivity index (χ2v) is 4.38. The van der Waals surface area contributed by atoms with E-state index in [1.807, 2.05) is 13.8 Å². The van der Waals surface area contributed by atoms with Gasteiger partial charge in [-0.05, 0) is 32.0 Å². The van der Waals surface area contributed by atoms with Crippen molar-refractivity contribution in [3.05, 3.63) is 34.9 Å². The van der Waals surface area contributed by atoms with Gasteiger partial charge in [-0.3, -0.25) is 20.4 Å². The molecular weight excluding hydrogens is 328 g/mol. The van der Waals surface area contributed by atoms with Crippen LogP contribution in [0.1, 0.15) is 65.7 Å². The first-order chi connectivity index (χ1) is 11.9. The normalized spacial score (nSPS) is 9.16. The van der Waals surface area contributed by atoms with E-state index in [1.54, 1.807) is 13.8 Å². The van der Waals surface area contributed by atoms with Crippen molar-refractivity contribution in [3.8, 4) is 0 Å². The van der Waals surface area contributed by atoms with E-state index in [9.17, 15) is 19.2 Å². The molecule has 0 saturated heterocycles. The molecule has 1 aromatic carbocycles. The lowest BCUT2D eigenvalue weighted by molar-refractivity contribution is -0.119. The summed E-state index contributed by atoms with van der Waals surface area (Å²) in [5.41, 5.74) is 4.34. The summed E-state index contributed by atoms with van der Waals surface area (Å²) in [6, 6.07) is 3.81. The van der Waals surface area contributed by atoms with Crippen LogP contribution in [0, 0.1) is 0 Å². The average molecular weight is 352 g/mol. The number of carbonyl (C=O) groups is 4. The summed E-state index contributed by atoms with van der Waals surface area (Å²) < 4.78 is 9.73. The molecule has 1 rings (SSSR count). The van der Waals surface area contributed by atoms with Gasteiger partial charge in [-0.15, -0.1) is 0 Å². The quantitative estimate of drug-likeness (QED) is 0.618. The second kappa shape index (κ2) is 11.6. The molecule has 25 heavy (non-hydrogen) atoms. The topological polar surface area (TPSA) is 111 Å². The number of benzene rings is 1. The molecule has 0 atom stereocenters. The third kappa shape index (κ3) is 7.47. The molecule has 2 N–H and O–H groups in total. The molecule has 2 amide bonds. The Bertz CT molecular complexity index is 591. The Labute approximate surface area is 146 Å². The summed E-state index contributed by atoms with van der Waals surface area (Å²) in [6.07, 6.45) is 0. The Morgan fingerprint density at radius 3 is 1.56 bits per heavy atom. The van der Waals surface area contributed by atoms with Crippen LogP contribution in [-0.2, 0) is 14.3 Å². The summed E-state index contributed by atoms with van der Waals surface area (Å²) in [7, 11) is 0. The van der Waals surface area contributed by atoms with Gasteiger partial charge in [0.05, 0.1) is 24.3 Å².